The summed E-state index contributed by atoms with van der Waals surface area (Å²) < 4.78 is 1.81. The van der Waals surface area contributed by atoms with Crippen molar-refractivity contribution in [2.24, 2.45) is 12.8 Å². The van der Waals surface area contributed by atoms with Crippen molar-refractivity contribution in [1.29, 1.82) is 0 Å². The third-order valence-corrected chi connectivity index (χ3v) is 2.82. The van der Waals surface area contributed by atoms with E-state index >= 15 is 0 Å². The van der Waals surface area contributed by atoms with Crippen molar-refractivity contribution in [1.82, 2.24) is 9.78 Å². The summed E-state index contributed by atoms with van der Waals surface area (Å²) in [6.07, 6.45) is 3.68. The molecule has 0 aliphatic rings. The fourth-order valence-corrected chi connectivity index (χ4v) is 2.05. The minimum Gasteiger partial charge on any atom is -0.327 e. The molecule has 3 heteroatoms. The third kappa shape index (κ3) is 3.43. The lowest BCUT2D eigenvalue weighted by molar-refractivity contribution is 0.638. The van der Waals surface area contributed by atoms with E-state index in [9.17, 15) is 0 Å². The van der Waals surface area contributed by atoms with Gasteiger partial charge in [0.2, 0.25) is 0 Å². The number of nitrogens with zero attached hydrogens (tertiary/aromatic N) is 2. The topological polar surface area (TPSA) is 43.8 Å². The second kappa shape index (κ2) is 5.15. The van der Waals surface area contributed by atoms with Crippen LogP contribution >= 0.6 is 0 Å². The van der Waals surface area contributed by atoms with Crippen LogP contribution in [0, 0.1) is 6.92 Å². The van der Waals surface area contributed by atoms with E-state index in [0.717, 1.165) is 18.5 Å². The molecule has 0 aliphatic carbocycles. The summed E-state index contributed by atoms with van der Waals surface area (Å²) in [7, 11) is 1.93. The molecule has 2 rings (SSSR count). The fraction of sp³-hybridized carbons (Fsp3) is 0.357. The fourth-order valence-electron chi connectivity index (χ4n) is 2.05. The van der Waals surface area contributed by atoms with Crippen molar-refractivity contribution in [3.05, 3.63) is 53.3 Å². The summed E-state index contributed by atoms with van der Waals surface area (Å²) in [5.41, 5.74) is 9.79. The second-order valence-electron chi connectivity index (χ2n) is 4.64. The minimum atomic E-state index is 0.131. The molecule has 0 spiro atoms. The number of hydrogen-bond acceptors (Lipinski definition) is 2. The first-order valence-corrected chi connectivity index (χ1v) is 5.93. The normalized spacial score (nSPS) is 12.6. The molecular formula is C14H19N3. The highest BCUT2D eigenvalue weighted by atomic mass is 15.2. The molecule has 1 heterocycles. The highest BCUT2D eigenvalue weighted by Gasteiger charge is 2.07. The van der Waals surface area contributed by atoms with Gasteiger partial charge in [-0.05, 0) is 25.0 Å². The van der Waals surface area contributed by atoms with E-state index in [2.05, 4.69) is 36.3 Å². The predicted molar refractivity (Wildman–Crippen MR) is 69.8 cm³/mol. The largest absolute Gasteiger partial charge is 0.327 e. The second-order valence-corrected chi connectivity index (χ2v) is 4.64. The van der Waals surface area contributed by atoms with Crippen LogP contribution in [0.4, 0.5) is 0 Å². The summed E-state index contributed by atoms with van der Waals surface area (Å²) in [5, 5.41) is 4.35. The Labute approximate surface area is 102 Å². The number of benzene rings is 1. The molecule has 90 valence electrons. The quantitative estimate of drug-likeness (QED) is 0.869. The highest BCUT2D eigenvalue weighted by molar-refractivity contribution is 5.23. The highest BCUT2D eigenvalue weighted by Crippen LogP contribution is 2.08. The molecular weight excluding hydrogens is 210 g/mol. The molecule has 2 N–H and O–H groups in total. The van der Waals surface area contributed by atoms with Gasteiger partial charge in [-0.2, -0.15) is 5.10 Å². The molecule has 0 bridgehead atoms. The van der Waals surface area contributed by atoms with Crippen molar-refractivity contribution in [3.63, 3.8) is 0 Å². The molecule has 1 unspecified atom stereocenters. The third-order valence-electron chi connectivity index (χ3n) is 2.82. The molecule has 2 aromatic rings. The zero-order valence-electron chi connectivity index (χ0n) is 10.4. The van der Waals surface area contributed by atoms with E-state index in [1.54, 1.807) is 0 Å². The standard InChI is InChI=1S/C14H19N3/c1-11-4-3-5-12(8-11)9-13(15)10-14-6-7-17(2)16-14/h3-8,13H,9-10,15H2,1-2H3. The van der Waals surface area contributed by atoms with E-state index in [1.165, 1.54) is 11.1 Å². The van der Waals surface area contributed by atoms with Gasteiger partial charge in [0.15, 0.2) is 0 Å². The number of rotatable bonds is 4. The van der Waals surface area contributed by atoms with E-state index in [0.29, 0.717) is 0 Å². The van der Waals surface area contributed by atoms with Crippen LogP contribution in [-0.2, 0) is 19.9 Å². The van der Waals surface area contributed by atoms with Crippen LogP contribution in [0.25, 0.3) is 0 Å². The first kappa shape index (κ1) is 11.9. The summed E-state index contributed by atoms with van der Waals surface area (Å²) in [5.74, 6) is 0. The number of aromatic nitrogens is 2. The molecule has 0 aliphatic heterocycles. The van der Waals surface area contributed by atoms with Crippen LogP contribution in [0.15, 0.2) is 36.5 Å². The van der Waals surface area contributed by atoms with Crippen molar-refractivity contribution < 1.29 is 0 Å². The first-order chi connectivity index (χ1) is 8.13. The maximum atomic E-state index is 6.15. The molecule has 1 atom stereocenters. The van der Waals surface area contributed by atoms with E-state index < -0.39 is 0 Å². The lowest BCUT2D eigenvalue weighted by Gasteiger charge is -2.10. The average molecular weight is 229 g/mol. The summed E-state index contributed by atoms with van der Waals surface area (Å²) in [6, 6.07) is 10.7. The van der Waals surface area contributed by atoms with Crippen LogP contribution in [0.5, 0.6) is 0 Å². The van der Waals surface area contributed by atoms with Crippen LogP contribution in [0.2, 0.25) is 0 Å². The monoisotopic (exact) mass is 229 g/mol. The van der Waals surface area contributed by atoms with Crippen molar-refractivity contribution in [2.45, 2.75) is 25.8 Å². The van der Waals surface area contributed by atoms with Crippen LogP contribution in [0.1, 0.15) is 16.8 Å². The molecule has 0 amide bonds. The van der Waals surface area contributed by atoms with Gasteiger partial charge in [0.25, 0.3) is 0 Å². The van der Waals surface area contributed by atoms with Crippen LogP contribution in [-0.4, -0.2) is 15.8 Å². The average Bonchev–Trinajstić information content (AvgIpc) is 2.63. The first-order valence-electron chi connectivity index (χ1n) is 5.93. The number of aryl methyl sites for hydroxylation is 2. The summed E-state index contributed by atoms with van der Waals surface area (Å²) >= 11 is 0. The lowest BCUT2D eigenvalue weighted by atomic mass is 10.0. The molecule has 1 aromatic carbocycles. The van der Waals surface area contributed by atoms with Gasteiger partial charge < -0.3 is 5.73 Å². The Hall–Kier alpha value is -1.61. The zero-order valence-corrected chi connectivity index (χ0v) is 10.4. The Morgan fingerprint density at radius 1 is 1.29 bits per heavy atom. The molecule has 0 saturated carbocycles. The van der Waals surface area contributed by atoms with Crippen LogP contribution in [0.3, 0.4) is 0 Å². The maximum absolute atomic E-state index is 6.15. The van der Waals surface area contributed by atoms with Gasteiger partial charge in [-0.15, -0.1) is 0 Å². The van der Waals surface area contributed by atoms with Crippen molar-refractivity contribution in [2.75, 3.05) is 0 Å². The van der Waals surface area contributed by atoms with Gasteiger partial charge in [0, 0.05) is 25.7 Å². The van der Waals surface area contributed by atoms with Crippen molar-refractivity contribution >= 4 is 0 Å². The molecule has 0 saturated heterocycles. The van der Waals surface area contributed by atoms with E-state index in [1.807, 2.05) is 24.0 Å². The van der Waals surface area contributed by atoms with Gasteiger partial charge in [-0.25, -0.2) is 0 Å². The van der Waals surface area contributed by atoms with Gasteiger partial charge >= 0.3 is 0 Å². The minimum absolute atomic E-state index is 0.131. The lowest BCUT2D eigenvalue weighted by Crippen LogP contribution is -2.25. The number of hydrogen-bond donors (Lipinski definition) is 1. The van der Waals surface area contributed by atoms with Gasteiger partial charge in [-0.3, -0.25) is 4.68 Å². The molecule has 17 heavy (non-hydrogen) atoms. The zero-order chi connectivity index (χ0) is 12.3. The maximum Gasteiger partial charge on any atom is 0.0640 e. The molecule has 0 fully saturated rings. The molecule has 0 radical (unpaired) electrons. The smallest absolute Gasteiger partial charge is 0.0640 e. The van der Waals surface area contributed by atoms with Gasteiger partial charge in [-0.1, -0.05) is 29.8 Å². The Morgan fingerprint density at radius 2 is 2.12 bits per heavy atom. The predicted octanol–water partition coefficient (Wildman–Crippen LogP) is 1.84. The molecule has 3 nitrogen and oxygen atoms in total. The van der Waals surface area contributed by atoms with Gasteiger partial charge in [0.05, 0.1) is 5.69 Å². The summed E-state index contributed by atoms with van der Waals surface area (Å²) in [4.78, 5) is 0. The van der Waals surface area contributed by atoms with Gasteiger partial charge in [0.1, 0.15) is 0 Å². The van der Waals surface area contributed by atoms with E-state index in [4.69, 9.17) is 5.73 Å². The Bertz CT molecular complexity index is 488. The van der Waals surface area contributed by atoms with E-state index in [-0.39, 0.29) is 6.04 Å². The molecule has 1 aromatic heterocycles. The van der Waals surface area contributed by atoms with Crippen molar-refractivity contribution in [3.8, 4) is 0 Å². The number of nitrogens with two attached hydrogens (primary N) is 1. The van der Waals surface area contributed by atoms with Crippen LogP contribution < -0.4 is 5.73 Å². The summed E-state index contributed by atoms with van der Waals surface area (Å²) in [6.45, 7) is 2.10. The Morgan fingerprint density at radius 3 is 2.76 bits per heavy atom. The Kier molecular flexibility index (Phi) is 3.59. The Balaban J connectivity index is 1.95. The SMILES string of the molecule is Cc1cccc(CC(N)Cc2ccn(C)n2)c1.